The van der Waals surface area contributed by atoms with Crippen LogP contribution in [0.5, 0.6) is 17.4 Å². The molecule has 0 radical (unpaired) electrons. The number of nitrogens with zero attached hydrogens (tertiary/aromatic N) is 1. The Morgan fingerprint density at radius 3 is 2.92 bits per heavy atom. The lowest BCUT2D eigenvalue weighted by atomic mass is 10.0. The molecule has 0 spiro atoms. The number of pyridine rings is 1. The van der Waals surface area contributed by atoms with E-state index < -0.39 is 0 Å². The molecule has 2 heterocycles. The van der Waals surface area contributed by atoms with Gasteiger partial charge in [0.15, 0.2) is 5.75 Å². The molecule has 1 aliphatic heterocycles. The van der Waals surface area contributed by atoms with Crippen molar-refractivity contribution in [2.75, 3.05) is 19.7 Å². The van der Waals surface area contributed by atoms with E-state index in [2.05, 4.69) is 22.4 Å². The van der Waals surface area contributed by atoms with Crippen LogP contribution in [-0.4, -0.2) is 24.7 Å². The van der Waals surface area contributed by atoms with Gasteiger partial charge in [0.05, 0.1) is 6.61 Å². The third kappa shape index (κ3) is 3.96. The quantitative estimate of drug-likeness (QED) is 0.893. The van der Waals surface area contributed by atoms with Crippen molar-refractivity contribution in [2.24, 2.45) is 5.92 Å². The molecule has 25 heavy (non-hydrogen) atoms. The highest BCUT2D eigenvalue weighted by Gasteiger charge is 2.17. The summed E-state index contributed by atoms with van der Waals surface area (Å²) in [7, 11) is 0. The van der Waals surface area contributed by atoms with Gasteiger partial charge in [-0.3, -0.25) is 0 Å². The fraction of sp³-hybridized carbons (Fsp3) is 0.476. The second-order valence-corrected chi connectivity index (χ2v) is 7.17. The maximum absolute atomic E-state index is 6.10. The van der Waals surface area contributed by atoms with Crippen molar-refractivity contribution in [1.29, 1.82) is 0 Å². The smallest absolute Gasteiger partial charge is 0.262 e. The molecule has 1 aromatic carbocycles. The summed E-state index contributed by atoms with van der Waals surface area (Å²) in [5.41, 5.74) is 3.79. The van der Waals surface area contributed by atoms with Gasteiger partial charge in [0.25, 0.3) is 5.88 Å². The number of hydrogen-bond acceptors (Lipinski definition) is 4. The maximum Gasteiger partial charge on any atom is 0.262 e. The minimum absolute atomic E-state index is 0.558. The molecule has 0 amide bonds. The number of rotatable bonds is 5. The standard InChI is InChI=1S/C21H26N2O2/c1-15-7-10-20(24-14-16-4-3-11-22-13-16)21(23-15)25-19-9-8-17-5-2-6-18(17)12-19/h7-10,12,16,22H,2-6,11,13-14H2,1H3. The normalized spacial score (nSPS) is 19.5. The van der Waals surface area contributed by atoms with E-state index in [4.69, 9.17) is 9.47 Å². The minimum Gasteiger partial charge on any atom is -0.488 e. The maximum atomic E-state index is 6.10. The van der Waals surface area contributed by atoms with Gasteiger partial charge in [0, 0.05) is 18.2 Å². The van der Waals surface area contributed by atoms with Gasteiger partial charge in [-0.15, -0.1) is 0 Å². The number of hydrogen-bond donors (Lipinski definition) is 1. The number of benzene rings is 1. The first-order valence-electron chi connectivity index (χ1n) is 9.39. The van der Waals surface area contributed by atoms with Crippen molar-refractivity contribution in [1.82, 2.24) is 10.3 Å². The molecular formula is C21H26N2O2. The summed E-state index contributed by atoms with van der Waals surface area (Å²) in [6.07, 6.45) is 6.01. The van der Waals surface area contributed by atoms with Gasteiger partial charge in [-0.05, 0) is 81.0 Å². The number of fused-ring (bicyclic) bond motifs is 1. The molecule has 2 aromatic rings. The molecule has 1 fully saturated rings. The lowest BCUT2D eigenvalue weighted by Gasteiger charge is -2.23. The van der Waals surface area contributed by atoms with E-state index in [0.29, 0.717) is 18.4 Å². The number of aryl methyl sites for hydroxylation is 3. The van der Waals surface area contributed by atoms with E-state index >= 15 is 0 Å². The first kappa shape index (κ1) is 16.4. The van der Waals surface area contributed by atoms with Crippen LogP contribution in [0, 0.1) is 12.8 Å². The Morgan fingerprint density at radius 1 is 1.12 bits per heavy atom. The van der Waals surface area contributed by atoms with Crippen LogP contribution in [0.25, 0.3) is 0 Å². The summed E-state index contributed by atoms with van der Waals surface area (Å²) in [4.78, 5) is 4.56. The third-order valence-corrected chi connectivity index (χ3v) is 5.12. The zero-order chi connectivity index (χ0) is 17.1. The number of nitrogens with one attached hydrogen (secondary N) is 1. The Hall–Kier alpha value is -2.07. The lowest BCUT2D eigenvalue weighted by molar-refractivity contribution is 0.211. The molecule has 1 N–H and O–H groups in total. The van der Waals surface area contributed by atoms with Crippen molar-refractivity contribution in [3.8, 4) is 17.4 Å². The molecule has 1 atom stereocenters. The molecule has 0 saturated carbocycles. The molecule has 132 valence electrons. The Morgan fingerprint density at radius 2 is 2.04 bits per heavy atom. The Balaban J connectivity index is 1.49. The average molecular weight is 338 g/mol. The van der Waals surface area contributed by atoms with Crippen LogP contribution in [-0.2, 0) is 12.8 Å². The molecule has 4 rings (SSSR count). The summed E-state index contributed by atoms with van der Waals surface area (Å²) in [5, 5.41) is 3.43. The molecule has 0 bridgehead atoms. The number of piperidine rings is 1. The minimum atomic E-state index is 0.558. The van der Waals surface area contributed by atoms with Gasteiger partial charge in [0.2, 0.25) is 0 Å². The largest absolute Gasteiger partial charge is 0.488 e. The van der Waals surface area contributed by atoms with Crippen LogP contribution in [0.2, 0.25) is 0 Å². The Labute approximate surface area is 149 Å². The van der Waals surface area contributed by atoms with Gasteiger partial charge in [-0.1, -0.05) is 6.07 Å². The topological polar surface area (TPSA) is 43.4 Å². The van der Waals surface area contributed by atoms with Crippen molar-refractivity contribution in [3.05, 3.63) is 47.2 Å². The second kappa shape index (κ2) is 7.44. The monoisotopic (exact) mass is 338 g/mol. The average Bonchev–Trinajstić information content (AvgIpc) is 3.10. The summed E-state index contributed by atoms with van der Waals surface area (Å²) >= 11 is 0. The fourth-order valence-corrected chi connectivity index (χ4v) is 3.70. The number of aromatic nitrogens is 1. The molecule has 1 unspecified atom stereocenters. The van der Waals surface area contributed by atoms with Crippen LogP contribution in [0.1, 0.15) is 36.1 Å². The lowest BCUT2D eigenvalue weighted by Crippen LogP contribution is -2.33. The van der Waals surface area contributed by atoms with Gasteiger partial charge in [-0.2, -0.15) is 0 Å². The van der Waals surface area contributed by atoms with E-state index in [1.807, 2.05) is 25.1 Å². The first-order chi connectivity index (χ1) is 12.3. The van der Waals surface area contributed by atoms with Crippen LogP contribution in [0.3, 0.4) is 0 Å². The summed E-state index contributed by atoms with van der Waals surface area (Å²) in [6, 6.07) is 10.3. The van der Waals surface area contributed by atoms with Crippen LogP contribution >= 0.6 is 0 Å². The molecule has 1 aromatic heterocycles. The summed E-state index contributed by atoms with van der Waals surface area (Å²) in [5.74, 6) is 2.71. The van der Waals surface area contributed by atoms with Gasteiger partial charge < -0.3 is 14.8 Å². The Bertz CT molecular complexity index is 739. The zero-order valence-electron chi connectivity index (χ0n) is 14.9. The van der Waals surface area contributed by atoms with Crippen molar-refractivity contribution in [3.63, 3.8) is 0 Å². The molecular weight excluding hydrogens is 312 g/mol. The molecule has 4 heteroatoms. The molecule has 1 saturated heterocycles. The molecule has 1 aliphatic carbocycles. The van der Waals surface area contributed by atoms with Crippen LogP contribution in [0.4, 0.5) is 0 Å². The highest BCUT2D eigenvalue weighted by atomic mass is 16.5. The zero-order valence-corrected chi connectivity index (χ0v) is 14.9. The highest BCUT2D eigenvalue weighted by Crippen LogP contribution is 2.33. The predicted octanol–water partition coefficient (Wildman–Crippen LogP) is 4.05. The molecule has 4 nitrogen and oxygen atoms in total. The van der Waals surface area contributed by atoms with Crippen LogP contribution < -0.4 is 14.8 Å². The van der Waals surface area contributed by atoms with E-state index in [1.165, 1.54) is 36.8 Å². The predicted molar refractivity (Wildman–Crippen MR) is 98.6 cm³/mol. The van der Waals surface area contributed by atoms with Gasteiger partial charge in [-0.25, -0.2) is 4.98 Å². The van der Waals surface area contributed by atoms with Gasteiger partial charge >= 0.3 is 0 Å². The SMILES string of the molecule is Cc1ccc(OCC2CCCNC2)c(Oc2ccc3c(c2)CCC3)n1. The van der Waals surface area contributed by atoms with Gasteiger partial charge in [0.1, 0.15) is 5.75 Å². The second-order valence-electron chi connectivity index (χ2n) is 7.17. The summed E-state index contributed by atoms with van der Waals surface area (Å²) < 4.78 is 12.2. The Kier molecular flexibility index (Phi) is 4.88. The van der Waals surface area contributed by atoms with Crippen molar-refractivity contribution in [2.45, 2.75) is 39.0 Å². The summed E-state index contributed by atoms with van der Waals surface area (Å²) in [6.45, 7) is 4.83. The van der Waals surface area contributed by atoms with E-state index in [0.717, 1.165) is 36.7 Å². The van der Waals surface area contributed by atoms with Crippen LogP contribution in [0.15, 0.2) is 30.3 Å². The van der Waals surface area contributed by atoms with E-state index in [9.17, 15) is 0 Å². The third-order valence-electron chi connectivity index (χ3n) is 5.12. The number of ether oxygens (including phenoxy) is 2. The first-order valence-corrected chi connectivity index (χ1v) is 9.39. The van der Waals surface area contributed by atoms with E-state index in [-0.39, 0.29) is 0 Å². The van der Waals surface area contributed by atoms with Crippen molar-refractivity contribution >= 4 is 0 Å². The van der Waals surface area contributed by atoms with Crippen molar-refractivity contribution < 1.29 is 9.47 Å². The fourth-order valence-electron chi connectivity index (χ4n) is 3.70. The highest BCUT2D eigenvalue weighted by molar-refractivity contribution is 5.42. The van der Waals surface area contributed by atoms with E-state index in [1.54, 1.807) is 0 Å². The molecule has 2 aliphatic rings.